The Morgan fingerprint density at radius 3 is 2.37 bits per heavy atom. The topological polar surface area (TPSA) is 24.5 Å². The maximum Gasteiger partial charge on any atom is 0.195 e. The quantitative estimate of drug-likeness (QED) is 0.679. The van der Waals surface area contributed by atoms with E-state index in [4.69, 9.17) is 16.3 Å². The third-order valence-electron chi connectivity index (χ3n) is 3.30. The van der Waals surface area contributed by atoms with E-state index in [1.54, 1.807) is 0 Å². The summed E-state index contributed by atoms with van der Waals surface area (Å²) in [5.41, 5.74) is 1.21. The van der Waals surface area contributed by atoms with E-state index in [2.05, 4.69) is 67.3 Å². The van der Waals surface area contributed by atoms with Crippen LogP contribution in [-0.2, 0) is 16.3 Å². The van der Waals surface area contributed by atoms with E-state index >= 15 is 0 Å². The van der Waals surface area contributed by atoms with Crippen LogP contribution in [0.15, 0.2) is 30.3 Å². The third-order valence-corrected chi connectivity index (χ3v) is 10.7. The van der Waals surface area contributed by atoms with Gasteiger partial charge in [-0.15, -0.1) is 0 Å². The van der Waals surface area contributed by atoms with E-state index in [1.807, 2.05) is 6.07 Å². The minimum Gasteiger partial charge on any atom is -0.317 e. The third kappa shape index (κ3) is 3.35. The maximum absolute atomic E-state index is 6.31. The van der Waals surface area contributed by atoms with Crippen molar-refractivity contribution in [2.45, 2.75) is 38.7 Å². The van der Waals surface area contributed by atoms with Crippen molar-refractivity contribution in [1.29, 1.82) is 0 Å². The van der Waals surface area contributed by atoms with Crippen molar-refractivity contribution in [1.82, 2.24) is 9.42 Å². The molecule has 2 rings (SSSR count). The predicted molar refractivity (Wildman–Crippen MR) is 88.3 cm³/mol. The van der Waals surface area contributed by atoms with Crippen LogP contribution in [0, 0.1) is 0 Å². The van der Waals surface area contributed by atoms with Crippen LogP contribution in [0.25, 0.3) is 0 Å². The Morgan fingerprint density at radius 1 is 1.26 bits per heavy atom. The molecule has 6 heteroatoms. The lowest BCUT2D eigenvalue weighted by molar-refractivity contribution is 0.216. The normalized spacial score (nSPS) is 32.7. The van der Waals surface area contributed by atoms with Crippen LogP contribution < -0.4 is 4.75 Å². The van der Waals surface area contributed by atoms with Gasteiger partial charge in [-0.25, -0.2) is 4.67 Å². The zero-order chi connectivity index (χ0) is 14.3. The maximum atomic E-state index is 6.31. The smallest absolute Gasteiger partial charge is 0.195 e. The van der Waals surface area contributed by atoms with Crippen LogP contribution in [0.5, 0.6) is 0 Å². The molecule has 1 aromatic rings. The van der Waals surface area contributed by atoms with E-state index < -0.39 is 14.8 Å². The lowest BCUT2D eigenvalue weighted by Gasteiger charge is -2.31. The zero-order valence-electron chi connectivity index (χ0n) is 12.3. The SMILES string of the molecule is C[C@H]1[C@H](c2ccccc2)OP(=S)(N[Si](C)(C)C)N1C. The van der Waals surface area contributed by atoms with Crippen LogP contribution >= 0.6 is 6.57 Å². The van der Waals surface area contributed by atoms with Gasteiger partial charge in [-0.2, -0.15) is 0 Å². The summed E-state index contributed by atoms with van der Waals surface area (Å²) in [5, 5.41) is 0. The minimum absolute atomic E-state index is 0.0703. The molecule has 0 bridgehead atoms. The average molecular weight is 314 g/mol. The molecule has 1 aromatic carbocycles. The van der Waals surface area contributed by atoms with Crippen LogP contribution in [0.2, 0.25) is 19.6 Å². The molecule has 1 N–H and O–H groups in total. The molecule has 1 aliphatic rings. The average Bonchev–Trinajstić information content (AvgIpc) is 2.53. The zero-order valence-corrected chi connectivity index (χ0v) is 15.0. The predicted octanol–water partition coefficient (Wildman–Crippen LogP) is 3.73. The summed E-state index contributed by atoms with van der Waals surface area (Å²) in [5.74, 6) is 0. The number of benzene rings is 1. The Bertz CT molecular complexity index is 491. The standard InChI is InChI=1S/C13H23N2OPSSi/c1-11-13(12-9-7-6-8-10-12)16-17(18,15(11)2)14-19(3,4)5/h6-11,13H,1-5H3,(H,14,18)/t11-,13+,17?/m0/s1. The summed E-state index contributed by atoms with van der Waals surface area (Å²) >= 11 is 5.83. The van der Waals surface area contributed by atoms with Gasteiger partial charge in [0, 0.05) is 6.04 Å². The molecule has 1 unspecified atom stereocenters. The monoisotopic (exact) mass is 314 g/mol. The Balaban J connectivity index is 2.26. The summed E-state index contributed by atoms with van der Waals surface area (Å²) in [4.78, 5) is 0. The highest BCUT2D eigenvalue weighted by Gasteiger charge is 2.44. The minimum atomic E-state index is -2.08. The van der Waals surface area contributed by atoms with Crippen LogP contribution in [-0.4, -0.2) is 26.0 Å². The first kappa shape index (κ1) is 15.4. The van der Waals surface area contributed by atoms with Crippen molar-refractivity contribution < 1.29 is 4.52 Å². The summed E-state index contributed by atoms with van der Waals surface area (Å²) in [6.45, 7) is 6.90. The molecule has 19 heavy (non-hydrogen) atoms. The first-order valence-corrected chi connectivity index (χ1v) is 12.8. The van der Waals surface area contributed by atoms with Gasteiger partial charge in [-0.1, -0.05) is 50.0 Å². The van der Waals surface area contributed by atoms with Gasteiger partial charge in [-0.3, -0.25) is 4.75 Å². The first-order chi connectivity index (χ1) is 8.73. The number of hydrogen-bond donors (Lipinski definition) is 1. The molecule has 1 aliphatic heterocycles. The van der Waals surface area contributed by atoms with Crippen molar-refractivity contribution >= 4 is 26.6 Å². The van der Waals surface area contributed by atoms with Gasteiger partial charge in [0.15, 0.2) is 6.57 Å². The number of nitrogens with one attached hydrogen (secondary N) is 1. The lowest BCUT2D eigenvalue weighted by Crippen LogP contribution is -2.41. The van der Waals surface area contributed by atoms with Gasteiger partial charge in [0.1, 0.15) is 14.3 Å². The molecule has 0 saturated carbocycles. The molecule has 0 spiro atoms. The van der Waals surface area contributed by atoms with E-state index in [0.29, 0.717) is 6.04 Å². The molecule has 3 atom stereocenters. The van der Waals surface area contributed by atoms with E-state index in [1.165, 1.54) is 5.56 Å². The molecule has 106 valence electrons. The van der Waals surface area contributed by atoms with Gasteiger partial charge in [-0.05, 0) is 31.3 Å². The highest BCUT2D eigenvalue weighted by atomic mass is 32.5. The summed E-state index contributed by atoms with van der Waals surface area (Å²) < 4.78 is 12.2. The van der Waals surface area contributed by atoms with Gasteiger partial charge in [0.05, 0.1) is 0 Å². The Hall–Kier alpha value is -0.0331. The fraction of sp³-hybridized carbons (Fsp3) is 0.538. The molecule has 0 amide bonds. The molecule has 0 radical (unpaired) electrons. The highest BCUT2D eigenvalue weighted by molar-refractivity contribution is 8.10. The van der Waals surface area contributed by atoms with Gasteiger partial charge in [0.25, 0.3) is 0 Å². The second-order valence-corrected chi connectivity index (χ2v) is 14.9. The molecule has 1 fully saturated rings. The van der Waals surface area contributed by atoms with Crippen molar-refractivity contribution in [2.24, 2.45) is 0 Å². The van der Waals surface area contributed by atoms with Crippen molar-refractivity contribution in [3.05, 3.63) is 35.9 Å². The molecular weight excluding hydrogens is 291 g/mol. The number of nitrogens with zero attached hydrogens (tertiary/aromatic N) is 1. The Kier molecular flexibility index (Phi) is 4.36. The molecular formula is C13H23N2OPSSi. The van der Waals surface area contributed by atoms with Crippen LogP contribution in [0.3, 0.4) is 0 Å². The van der Waals surface area contributed by atoms with Gasteiger partial charge >= 0.3 is 0 Å². The fourth-order valence-corrected chi connectivity index (χ4v) is 11.0. The molecule has 3 nitrogen and oxygen atoms in total. The summed E-state index contributed by atoms with van der Waals surface area (Å²) in [7, 11) is 0.617. The van der Waals surface area contributed by atoms with E-state index in [9.17, 15) is 0 Å². The van der Waals surface area contributed by atoms with Crippen LogP contribution in [0.1, 0.15) is 18.6 Å². The second kappa shape index (κ2) is 5.39. The van der Waals surface area contributed by atoms with Crippen molar-refractivity contribution in [2.75, 3.05) is 7.05 Å². The van der Waals surface area contributed by atoms with E-state index in [-0.39, 0.29) is 6.10 Å². The Morgan fingerprint density at radius 2 is 1.84 bits per heavy atom. The van der Waals surface area contributed by atoms with E-state index in [0.717, 1.165) is 0 Å². The van der Waals surface area contributed by atoms with Crippen molar-refractivity contribution in [3.63, 3.8) is 0 Å². The number of rotatable bonds is 3. The Labute approximate surface area is 122 Å². The first-order valence-electron chi connectivity index (χ1n) is 6.59. The van der Waals surface area contributed by atoms with Crippen LogP contribution in [0.4, 0.5) is 0 Å². The second-order valence-electron chi connectivity index (χ2n) is 6.13. The molecule has 1 saturated heterocycles. The van der Waals surface area contributed by atoms with Gasteiger partial charge < -0.3 is 4.52 Å². The molecule has 0 aliphatic carbocycles. The number of likely N-dealkylation sites (N-methyl/N-ethyl adjacent to an activating group) is 1. The molecule has 1 heterocycles. The lowest BCUT2D eigenvalue weighted by atomic mass is 10.0. The van der Waals surface area contributed by atoms with Crippen molar-refractivity contribution in [3.8, 4) is 0 Å². The fourth-order valence-electron chi connectivity index (χ4n) is 2.26. The number of hydrogen-bond acceptors (Lipinski definition) is 2. The molecule has 0 aromatic heterocycles. The summed E-state index contributed by atoms with van der Waals surface area (Å²) in [6, 6.07) is 10.7. The summed E-state index contributed by atoms with van der Waals surface area (Å²) in [6.07, 6.45) is 0.0703. The van der Waals surface area contributed by atoms with Gasteiger partial charge in [0.2, 0.25) is 0 Å². The highest BCUT2D eigenvalue weighted by Crippen LogP contribution is 2.59. The largest absolute Gasteiger partial charge is 0.317 e.